The van der Waals surface area contributed by atoms with Crippen LogP contribution in [0.5, 0.6) is 0 Å². The summed E-state index contributed by atoms with van der Waals surface area (Å²) >= 11 is 0. The van der Waals surface area contributed by atoms with Gasteiger partial charge in [-0.3, -0.25) is 4.79 Å². The first-order valence-electron chi connectivity index (χ1n) is 8.91. The Kier molecular flexibility index (Phi) is 4.10. The molecule has 1 heterocycles. The van der Waals surface area contributed by atoms with E-state index in [4.69, 9.17) is 0 Å². The summed E-state index contributed by atoms with van der Waals surface area (Å²) in [6.45, 7) is 2.21. The first-order valence-corrected chi connectivity index (χ1v) is 8.91. The third kappa shape index (κ3) is 2.74. The largest absolute Gasteiger partial charge is 0.360 e. The standard InChI is InChI=1S/C23H21NO/c1-2-3-8-16-13-14-20(18-10-5-4-9-17(16)18)23(25)21-15-24-22-12-7-6-11-19(21)22/h4-7,9-15,24H,2-3,8H2,1H3. The van der Waals surface area contributed by atoms with Gasteiger partial charge in [0.25, 0.3) is 0 Å². The van der Waals surface area contributed by atoms with Crippen molar-refractivity contribution in [3.8, 4) is 0 Å². The Morgan fingerprint density at radius 3 is 2.36 bits per heavy atom. The Balaban J connectivity index is 1.85. The third-order valence-electron chi connectivity index (χ3n) is 4.89. The number of carbonyl (C=O) groups excluding carboxylic acids is 1. The maximum atomic E-state index is 13.2. The first-order chi connectivity index (χ1) is 12.3. The fourth-order valence-electron chi connectivity index (χ4n) is 3.55. The quantitative estimate of drug-likeness (QED) is 0.455. The van der Waals surface area contributed by atoms with Crippen LogP contribution in [0, 0.1) is 0 Å². The van der Waals surface area contributed by atoms with Crippen LogP contribution in [0.15, 0.2) is 66.9 Å². The van der Waals surface area contributed by atoms with Gasteiger partial charge < -0.3 is 4.98 Å². The third-order valence-corrected chi connectivity index (χ3v) is 4.89. The molecular formula is C23H21NO. The molecule has 0 saturated heterocycles. The molecule has 25 heavy (non-hydrogen) atoms. The van der Waals surface area contributed by atoms with E-state index in [1.54, 1.807) is 0 Å². The van der Waals surface area contributed by atoms with Gasteiger partial charge in [0.2, 0.25) is 0 Å². The van der Waals surface area contributed by atoms with Crippen LogP contribution in [0.25, 0.3) is 21.7 Å². The highest BCUT2D eigenvalue weighted by molar-refractivity contribution is 6.21. The summed E-state index contributed by atoms with van der Waals surface area (Å²) in [5, 5.41) is 3.22. The number of H-pyrrole nitrogens is 1. The second-order valence-corrected chi connectivity index (χ2v) is 6.50. The predicted molar refractivity (Wildman–Crippen MR) is 104 cm³/mol. The number of hydrogen-bond acceptors (Lipinski definition) is 1. The molecule has 4 aromatic rings. The van der Waals surface area contributed by atoms with E-state index in [0.717, 1.165) is 33.8 Å². The minimum Gasteiger partial charge on any atom is -0.360 e. The van der Waals surface area contributed by atoms with E-state index in [-0.39, 0.29) is 5.78 Å². The minimum atomic E-state index is 0.0793. The summed E-state index contributed by atoms with van der Waals surface area (Å²) in [6.07, 6.45) is 5.22. The summed E-state index contributed by atoms with van der Waals surface area (Å²) < 4.78 is 0. The van der Waals surface area contributed by atoms with Gasteiger partial charge in [0.15, 0.2) is 5.78 Å². The van der Waals surface area contributed by atoms with Gasteiger partial charge in [-0.2, -0.15) is 0 Å². The Bertz CT molecular complexity index is 1060. The Morgan fingerprint density at radius 2 is 1.56 bits per heavy atom. The van der Waals surface area contributed by atoms with Gasteiger partial charge in [-0.1, -0.05) is 67.9 Å². The molecule has 0 aliphatic rings. The van der Waals surface area contributed by atoms with Crippen molar-refractivity contribution in [2.45, 2.75) is 26.2 Å². The number of nitrogens with one attached hydrogen (secondary N) is 1. The average Bonchev–Trinajstić information content (AvgIpc) is 3.09. The summed E-state index contributed by atoms with van der Waals surface area (Å²) in [5.41, 5.74) is 3.84. The van der Waals surface area contributed by atoms with Crippen molar-refractivity contribution in [1.82, 2.24) is 4.98 Å². The van der Waals surface area contributed by atoms with Gasteiger partial charge in [-0.05, 0) is 35.2 Å². The van der Waals surface area contributed by atoms with Crippen molar-refractivity contribution in [2.24, 2.45) is 0 Å². The van der Waals surface area contributed by atoms with Crippen molar-refractivity contribution in [2.75, 3.05) is 0 Å². The fourth-order valence-corrected chi connectivity index (χ4v) is 3.55. The maximum absolute atomic E-state index is 13.2. The molecule has 0 aliphatic carbocycles. The molecule has 0 spiro atoms. The number of aryl methyl sites for hydroxylation is 1. The van der Waals surface area contributed by atoms with Crippen molar-refractivity contribution in [3.05, 3.63) is 83.6 Å². The fraction of sp³-hybridized carbons (Fsp3) is 0.174. The van der Waals surface area contributed by atoms with Crippen molar-refractivity contribution in [1.29, 1.82) is 0 Å². The second-order valence-electron chi connectivity index (χ2n) is 6.50. The lowest BCUT2D eigenvalue weighted by Gasteiger charge is -2.10. The van der Waals surface area contributed by atoms with Crippen molar-refractivity contribution < 1.29 is 4.79 Å². The number of hydrogen-bond donors (Lipinski definition) is 1. The number of ketones is 1. The zero-order valence-corrected chi connectivity index (χ0v) is 14.4. The molecule has 2 heteroatoms. The molecule has 1 aromatic heterocycles. The molecular weight excluding hydrogens is 306 g/mol. The number of aromatic nitrogens is 1. The average molecular weight is 327 g/mol. The van der Waals surface area contributed by atoms with Gasteiger partial charge in [-0.15, -0.1) is 0 Å². The number of fused-ring (bicyclic) bond motifs is 2. The Labute approximate surface area is 147 Å². The van der Waals surface area contributed by atoms with Crippen LogP contribution in [0.2, 0.25) is 0 Å². The van der Waals surface area contributed by atoms with Crippen LogP contribution in [0.4, 0.5) is 0 Å². The highest BCUT2D eigenvalue weighted by Crippen LogP contribution is 2.28. The van der Waals surface area contributed by atoms with Gasteiger partial charge >= 0.3 is 0 Å². The lowest BCUT2D eigenvalue weighted by Crippen LogP contribution is -2.02. The number of benzene rings is 3. The van der Waals surface area contributed by atoms with Crippen LogP contribution >= 0.6 is 0 Å². The summed E-state index contributed by atoms with van der Waals surface area (Å²) in [4.78, 5) is 16.4. The monoisotopic (exact) mass is 327 g/mol. The normalized spacial score (nSPS) is 11.2. The SMILES string of the molecule is CCCCc1ccc(C(=O)c2c[nH]c3ccccc23)c2ccccc12. The van der Waals surface area contributed by atoms with E-state index >= 15 is 0 Å². The van der Waals surface area contributed by atoms with Crippen LogP contribution in [-0.2, 0) is 6.42 Å². The molecule has 0 bridgehead atoms. The highest BCUT2D eigenvalue weighted by Gasteiger charge is 2.17. The van der Waals surface area contributed by atoms with Gasteiger partial charge in [0, 0.05) is 28.2 Å². The number of unbranched alkanes of at least 4 members (excludes halogenated alkanes) is 1. The molecule has 124 valence electrons. The summed E-state index contributed by atoms with van der Waals surface area (Å²) in [5.74, 6) is 0.0793. The first kappa shape index (κ1) is 15.6. The van der Waals surface area contributed by atoms with Crippen LogP contribution in [0.3, 0.4) is 0 Å². The van der Waals surface area contributed by atoms with Crippen molar-refractivity contribution >= 4 is 27.5 Å². The van der Waals surface area contributed by atoms with Crippen LogP contribution in [0.1, 0.15) is 41.3 Å². The van der Waals surface area contributed by atoms with E-state index in [1.807, 2.05) is 42.6 Å². The lowest BCUT2D eigenvalue weighted by atomic mass is 9.92. The maximum Gasteiger partial charge on any atom is 0.195 e. The molecule has 0 radical (unpaired) electrons. The molecule has 0 saturated carbocycles. The molecule has 0 aliphatic heterocycles. The molecule has 0 atom stereocenters. The highest BCUT2D eigenvalue weighted by atomic mass is 16.1. The minimum absolute atomic E-state index is 0.0793. The van der Waals surface area contributed by atoms with Crippen molar-refractivity contribution in [3.63, 3.8) is 0 Å². The number of rotatable bonds is 5. The number of aromatic amines is 1. The molecule has 0 unspecified atom stereocenters. The zero-order valence-electron chi connectivity index (χ0n) is 14.4. The smallest absolute Gasteiger partial charge is 0.195 e. The van der Waals surface area contributed by atoms with E-state index in [9.17, 15) is 4.79 Å². The number of para-hydroxylation sites is 1. The topological polar surface area (TPSA) is 32.9 Å². The summed E-state index contributed by atoms with van der Waals surface area (Å²) in [6, 6.07) is 20.3. The molecule has 0 amide bonds. The Hall–Kier alpha value is -2.87. The summed E-state index contributed by atoms with van der Waals surface area (Å²) in [7, 11) is 0. The molecule has 1 N–H and O–H groups in total. The van der Waals surface area contributed by atoms with E-state index < -0.39 is 0 Å². The van der Waals surface area contributed by atoms with Crippen LogP contribution in [-0.4, -0.2) is 10.8 Å². The van der Waals surface area contributed by atoms with Crippen LogP contribution < -0.4 is 0 Å². The second kappa shape index (κ2) is 6.56. The molecule has 2 nitrogen and oxygen atoms in total. The lowest BCUT2D eigenvalue weighted by molar-refractivity contribution is 0.104. The van der Waals surface area contributed by atoms with Gasteiger partial charge in [0.05, 0.1) is 0 Å². The van der Waals surface area contributed by atoms with E-state index in [0.29, 0.717) is 0 Å². The van der Waals surface area contributed by atoms with E-state index in [2.05, 4.69) is 36.2 Å². The Morgan fingerprint density at radius 1 is 0.840 bits per heavy atom. The number of carbonyl (C=O) groups is 1. The predicted octanol–water partition coefficient (Wildman–Crippen LogP) is 5.89. The zero-order chi connectivity index (χ0) is 17.2. The molecule has 3 aromatic carbocycles. The molecule has 4 rings (SSSR count). The van der Waals surface area contributed by atoms with Gasteiger partial charge in [0.1, 0.15) is 0 Å². The molecule has 0 fully saturated rings. The van der Waals surface area contributed by atoms with E-state index in [1.165, 1.54) is 23.8 Å². The van der Waals surface area contributed by atoms with Gasteiger partial charge in [-0.25, -0.2) is 0 Å².